The Hall–Kier alpha value is -2.90. The summed E-state index contributed by atoms with van der Waals surface area (Å²) >= 11 is 11.9. The maximum absolute atomic E-state index is 12.5. The normalized spacial score (nSPS) is 14.4. The van der Waals surface area contributed by atoms with Gasteiger partial charge in [-0.25, -0.2) is 0 Å². The first-order valence-corrected chi connectivity index (χ1v) is 11.3. The van der Waals surface area contributed by atoms with Gasteiger partial charge in [0.2, 0.25) is 0 Å². The molecule has 1 atom stereocenters. The van der Waals surface area contributed by atoms with Gasteiger partial charge in [0.25, 0.3) is 11.8 Å². The highest BCUT2D eigenvalue weighted by Gasteiger charge is 2.34. The Kier molecular flexibility index (Phi) is 8.47. The van der Waals surface area contributed by atoms with Crippen molar-refractivity contribution in [2.24, 2.45) is 0 Å². The number of rotatable bonds is 10. The largest absolute Gasteiger partial charge is 0.503 e. The maximum Gasteiger partial charge on any atom is 0.289 e. The SMILES string of the molecule is COc1ccc(OC(C)CN2CC(C(=O)NCCCc3ccc(Cl)c(Cl)c3)=C(O)C2=O)cc1. The van der Waals surface area contributed by atoms with Crippen molar-refractivity contribution in [1.82, 2.24) is 10.2 Å². The molecular formula is C24H26Cl2N2O5. The van der Waals surface area contributed by atoms with E-state index in [9.17, 15) is 14.7 Å². The highest BCUT2D eigenvalue weighted by Crippen LogP contribution is 2.23. The minimum atomic E-state index is -0.582. The molecule has 0 saturated carbocycles. The average Bonchev–Trinajstić information content (AvgIpc) is 3.08. The van der Waals surface area contributed by atoms with Crippen molar-refractivity contribution < 1.29 is 24.2 Å². The molecule has 0 bridgehead atoms. The number of aliphatic hydroxyl groups is 1. The molecule has 7 nitrogen and oxygen atoms in total. The molecule has 0 aromatic heterocycles. The molecule has 0 radical (unpaired) electrons. The van der Waals surface area contributed by atoms with E-state index in [1.807, 2.05) is 13.0 Å². The number of benzene rings is 2. The second kappa shape index (κ2) is 11.3. The molecule has 0 saturated heterocycles. The third kappa shape index (κ3) is 6.55. The zero-order valence-electron chi connectivity index (χ0n) is 18.4. The number of halogens is 2. The third-order valence-corrected chi connectivity index (χ3v) is 5.92. The van der Waals surface area contributed by atoms with Crippen LogP contribution < -0.4 is 14.8 Å². The van der Waals surface area contributed by atoms with E-state index in [0.29, 0.717) is 40.9 Å². The molecule has 0 aliphatic carbocycles. The Morgan fingerprint density at radius 1 is 1.15 bits per heavy atom. The molecule has 176 valence electrons. The van der Waals surface area contributed by atoms with Crippen LogP contribution in [0.1, 0.15) is 18.9 Å². The molecule has 0 fully saturated rings. The van der Waals surface area contributed by atoms with Crippen molar-refractivity contribution in [3.63, 3.8) is 0 Å². The number of amides is 2. The third-order valence-electron chi connectivity index (χ3n) is 5.18. The van der Waals surface area contributed by atoms with Crippen LogP contribution in [0.2, 0.25) is 10.0 Å². The lowest BCUT2D eigenvalue weighted by Gasteiger charge is -2.22. The van der Waals surface area contributed by atoms with Crippen molar-refractivity contribution in [3.05, 3.63) is 69.4 Å². The van der Waals surface area contributed by atoms with Crippen molar-refractivity contribution in [3.8, 4) is 11.5 Å². The maximum atomic E-state index is 12.5. The smallest absolute Gasteiger partial charge is 0.289 e. The summed E-state index contributed by atoms with van der Waals surface area (Å²) in [6.07, 6.45) is 1.03. The Morgan fingerprint density at radius 3 is 2.52 bits per heavy atom. The summed E-state index contributed by atoms with van der Waals surface area (Å²) in [4.78, 5) is 26.3. The van der Waals surface area contributed by atoms with Crippen LogP contribution in [0.25, 0.3) is 0 Å². The molecule has 2 N–H and O–H groups in total. The Bertz CT molecular complexity index is 1040. The minimum Gasteiger partial charge on any atom is -0.503 e. The second-order valence-electron chi connectivity index (χ2n) is 7.72. The minimum absolute atomic E-state index is 0.0274. The summed E-state index contributed by atoms with van der Waals surface area (Å²) in [5, 5.41) is 13.9. The van der Waals surface area contributed by atoms with Crippen LogP contribution in [-0.2, 0) is 16.0 Å². The van der Waals surface area contributed by atoms with Gasteiger partial charge in [-0.05, 0) is 61.7 Å². The monoisotopic (exact) mass is 492 g/mol. The second-order valence-corrected chi connectivity index (χ2v) is 8.54. The first-order chi connectivity index (χ1) is 15.8. The summed E-state index contributed by atoms with van der Waals surface area (Å²) in [6, 6.07) is 12.5. The van der Waals surface area contributed by atoms with Crippen molar-refractivity contribution in [1.29, 1.82) is 0 Å². The molecule has 1 aliphatic rings. The first-order valence-electron chi connectivity index (χ1n) is 10.5. The Morgan fingerprint density at radius 2 is 1.85 bits per heavy atom. The molecule has 2 aromatic carbocycles. The Labute approximate surface area is 202 Å². The molecule has 1 aliphatic heterocycles. The van der Waals surface area contributed by atoms with Gasteiger partial charge in [-0.3, -0.25) is 9.59 Å². The highest BCUT2D eigenvalue weighted by atomic mass is 35.5. The van der Waals surface area contributed by atoms with Gasteiger partial charge in [0.15, 0.2) is 5.76 Å². The van der Waals surface area contributed by atoms with Gasteiger partial charge >= 0.3 is 0 Å². The molecule has 3 rings (SSSR count). The number of methoxy groups -OCH3 is 1. The zero-order valence-corrected chi connectivity index (χ0v) is 19.9. The number of carbonyl (C=O) groups is 2. The van der Waals surface area contributed by atoms with Crippen molar-refractivity contribution >= 4 is 35.0 Å². The van der Waals surface area contributed by atoms with Gasteiger partial charge < -0.3 is 24.8 Å². The summed E-state index contributed by atoms with van der Waals surface area (Å²) in [5.74, 6) is -0.213. The van der Waals surface area contributed by atoms with Gasteiger partial charge in [-0.15, -0.1) is 0 Å². The van der Waals surface area contributed by atoms with Gasteiger partial charge in [0.1, 0.15) is 17.6 Å². The molecule has 2 amide bonds. The van der Waals surface area contributed by atoms with Gasteiger partial charge in [0.05, 0.1) is 35.8 Å². The molecule has 2 aromatic rings. The van der Waals surface area contributed by atoms with Crippen LogP contribution >= 0.6 is 23.2 Å². The van der Waals surface area contributed by atoms with Crippen LogP contribution in [0.15, 0.2) is 53.8 Å². The zero-order chi connectivity index (χ0) is 24.0. The number of aliphatic hydroxyl groups excluding tert-OH is 1. The molecule has 9 heteroatoms. The van der Waals surface area contributed by atoms with E-state index in [0.717, 1.165) is 5.56 Å². The molecule has 1 heterocycles. The number of aryl methyl sites for hydroxylation is 1. The standard InChI is InChI=1S/C24H26Cl2N2O5/c1-15(33-18-8-6-17(32-2)7-9-18)13-28-14-19(22(29)24(28)31)23(30)27-11-3-4-16-5-10-20(25)21(26)12-16/h5-10,12,15,29H,3-4,11,13-14H2,1-2H3,(H,27,30). The molecule has 33 heavy (non-hydrogen) atoms. The van der Waals surface area contributed by atoms with Gasteiger partial charge in [-0.2, -0.15) is 0 Å². The lowest BCUT2D eigenvalue weighted by atomic mass is 10.1. The van der Waals surface area contributed by atoms with Crippen LogP contribution in [0, 0.1) is 0 Å². The number of carbonyl (C=O) groups excluding carboxylic acids is 2. The molecule has 1 unspecified atom stereocenters. The predicted molar refractivity (Wildman–Crippen MR) is 127 cm³/mol. The lowest BCUT2D eigenvalue weighted by Crippen LogP contribution is -2.37. The van der Waals surface area contributed by atoms with Gasteiger partial charge in [0, 0.05) is 6.54 Å². The van der Waals surface area contributed by atoms with E-state index in [-0.39, 0.29) is 24.8 Å². The predicted octanol–water partition coefficient (Wildman–Crippen LogP) is 4.17. The number of ether oxygens (including phenoxy) is 2. The van der Waals surface area contributed by atoms with Crippen molar-refractivity contribution in [2.75, 3.05) is 26.7 Å². The Balaban J connectivity index is 1.46. The molecular weight excluding hydrogens is 467 g/mol. The van der Waals surface area contributed by atoms with E-state index in [1.165, 1.54) is 4.90 Å². The summed E-state index contributed by atoms with van der Waals surface area (Å²) in [7, 11) is 1.58. The highest BCUT2D eigenvalue weighted by molar-refractivity contribution is 6.42. The number of nitrogens with zero attached hydrogens (tertiary/aromatic N) is 1. The van der Waals surface area contributed by atoms with Crippen LogP contribution in [-0.4, -0.2) is 54.7 Å². The fraction of sp³-hybridized carbons (Fsp3) is 0.333. The quantitative estimate of drug-likeness (QED) is 0.485. The van der Waals surface area contributed by atoms with Crippen molar-refractivity contribution in [2.45, 2.75) is 25.9 Å². The van der Waals surface area contributed by atoms with Crippen LogP contribution in [0.5, 0.6) is 11.5 Å². The summed E-state index contributed by atoms with van der Waals surface area (Å²) in [6.45, 7) is 2.46. The fourth-order valence-electron chi connectivity index (χ4n) is 3.47. The summed E-state index contributed by atoms with van der Waals surface area (Å²) in [5.41, 5.74) is 1.07. The number of hydrogen-bond acceptors (Lipinski definition) is 5. The number of hydrogen-bond donors (Lipinski definition) is 2. The van der Waals surface area contributed by atoms with E-state index >= 15 is 0 Å². The van der Waals surface area contributed by atoms with E-state index in [2.05, 4.69) is 5.32 Å². The molecule has 0 spiro atoms. The summed E-state index contributed by atoms with van der Waals surface area (Å²) < 4.78 is 10.9. The van der Waals surface area contributed by atoms with Crippen LogP contribution in [0.4, 0.5) is 0 Å². The van der Waals surface area contributed by atoms with E-state index in [1.54, 1.807) is 43.5 Å². The van der Waals surface area contributed by atoms with Crippen LogP contribution in [0.3, 0.4) is 0 Å². The number of nitrogens with one attached hydrogen (secondary N) is 1. The fourth-order valence-corrected chi connectivity index (χ4v) is 3.79. The van der Waals surface area contributed by atoms with Gasteiger partial charge in [-0.1, -0.05) is 29.3 Å². The topological polar surface area (TPSA) is 88.1 Å². The van der Waals surface area contributed by atoms with E-state index in [4.69, 9.17) is 32.7 Å². The average molecular weight is 493 g/mol. The first kappa shape index (κ1) is 24.7. The van der Waals surface area contributed by atoms with E-state index < -0.39 is 17.6 Å². The lowest BCUT2D eigenvalue weighted by molar-refractivity contribution is -0.128.